The molecule has 4 heterocycles. The molecule has 498 valence electrons. The highest BCUT2D eigenvalue weighted by Gasteiger charge is 2.25. The smallest absolute Gasteiger partial charge is 0.0448 e. The van der Waals surface area contributed by atoms with E-state index in [9.17, 15) is 0 Å². The van der Waals surface area contributed by atoms with Gasteiger partial charge in [-0.05, 0) is 225 Å². The monoisotopic (exact) mass is 1430 g/mol. The summed E-state index contributed by atoms with van der Waals surface area (Å²) in [5.41, 5.74) is 17.2. The third-order valence-corrected chi connectivity index (χ3v) is 28.0. The Balaban J connectivity index is 0.681. The second-order valence-corrected chi connectivity index (χ2v) is 33.3. The number of rotatable bonds is 7. The van der Waals surface area contributed by atoms with Crippen molar-refractivity contribution >= 4 is 212 Å². The zero-order valence-electron chi connectivity index (χ0n) is 58.1. The van der Waals surface area contributed by atoms with Gasteiger partial charge in [0.1, 0.15) is 0 Å². The summed E-state index contributed by atoms with van der Waals surface area (Å²) in [5.74, 6) is 0. The predicted molar refractivity (Wildman–Crippen MR) is 476 cm³/mol. The molecule has 0 aliphatic rings. The normalized spacial score (nSPS) is 12.3. The van der Waals surface area contributed by atoms with Gasteiger partial charge < -0.3 is 0 Å². The fourth-order valence-corrected chi connectivity index (χ4v) is 23.5. The summed E-state index contributed by atoms with van der Waals surface area (Å²) in [6, 6.07) is 134. The predicted octanol–water partition coefficient (Wildman–Crippen LogP) is 32.1. The van der Waals surface area contributed by atoms with E-state index < -0.39 is 0 Å². The number of thiophene rings is 4. The molecular weight excluding hydrogens is 1380 g/mol. The quantitative estimate of drug-likeness (QED) is 0.140. The van der Waals surface area contributed by atoms with Crippen LogP contribution in [0, 0.1) is 0 Å². The van der Waals surface area contributed by atoms with Crippen LogP contribution < -0.4 is 0 Å². The molecule has 0 N–H and O–H groups in total. The molecule has 108 heavy (non-hydrogen) atoms. The molecule has 0 spiro atoms. The lowest BCUT2D eigenvalue weighted by atomic mass is 9.83. The molecule has 0 fully saturated rings. The highest BCUT2D eigenvalue weighted by atomic mass is 32.1. The van der Waals surface area contributed by atoms with Crippen molar-refractivity contribution in [3.63, 3.8) is 0 Å². The molecule has 0 bridgehead atoms. The molecule has 0 aliphatic carbocycles. The van der Waals surface area contributed by atoms with E-state index in [1.165, 1.54) is 245 Å². The maximum absolute atomic E-state index is 2.53. The maximum atomic E-state index is 2.53. The first-order valence-corrected chi connectivity index (χ1v) is 40.3. The topological polar surface area (TPSA) is 0 Å². The van der Waals surface area contributed by atoms with Gasteiger partial charge in [0.25, 0.3) is 0 Å². The van der Waals surface area contributed by atoms with Crippen LogP contribution in [0.3, 0.4) is 0 Å². The van der Waals surface area contributed by atoms with Crippen molar-refractivity contribution in [1.29, 1.82) is 0 Å². The van der Waals surface area contributed by atoms with Gasteiger partial charge in [0.2, 0.25) is 0 Å². The van der Waals surface area contributed by atoms with Gasteiger partial charge in [-0.2, -0.15) is 0 Å². The van der Waals surface area contributed by atoms with Crippen LogP contribution in [0.5, 0.6) is 0 Å². The van der Waals surface area contributed by atoms with E-state index >= 15 is 0 Å². The van der Waals surface area contributed by atoms with Crippen LogP contribution in [0.25, 0.3) is 245 Å². The minimum atomic E-state index is 1.18. The molecule has 24 aromatic rings. The van der Waals surface area contributed by atoms with Gasteiger partial charge in [-0.3, -0.25) is 0 Å². The average molecular weight is 1440 g/mol. The molecule has 0 aliphatic heterocycles. The van der Waals surface area contributed by atoms with Crippen LogP contribution >= 0.6 is 45.3 Å². The summed E-state index contributed by atoms with van der Waals surface area (Å²) in [6.45, 7) is 0. The van der Waals surface area contributed by atoms with Gasteiger partial charge in [0, 0.05) is 86.3 Å². The third-order valence-electron chi connectivity index (χ3n) is 23.4. The maximum Gasteiger partial charge on any atom is 0.0448 e. The van der Waals surface area contributed by atoms with Crippen molar-refractivity contribution in [2.45, 2.75) is 0 Å². The van der Waals surface area contributed by atoms with Crippen molar-refractivity contribution in [2.24, 2.45) is 0 Å². The van der Waals surface area contributed by atoms with E-state index in [4.69, 9.17) is 0 Å². The largest absolute Gasteiger partial charge is 0.135 e. The van der Waals surface area contributed by atoms with Gasteiger partial charge in [-0.1, -0.05) is 285 Å². The van der Waals surface area contributed by atoms with E-state index in [-0.39, 0.29) is 0 Å². The highest BCUT2D eigenvalue weighted by Crippen LogP contribution is 2.54. The highest BCUT2D eigenvalue weighted by molar-refractivity contribution is 7.30. The van der Waals surface area contributed by atoms with Crippen molar-refractivity contribution in [2.75, 3.05) is 0 Å². The van der Waals surface area contributed by atoms with Crippen LogP contribution in [-0.2, 0) is 0 Å². The lowest BCUT2D eigenvalue weighted by molar-refractivity contribution is 1.63. The van der Waals surface area contributed by atoms with E-state index in [1.807, 2.05) is 45.3 Å². The van der Waals surface area contributed by atoms with Crippen LogP contribution in [0.1, 0.15) is 0 Å². The van der Waals surface area contributed by atoms with Gasteiger partial charge in [0.15, 0.2) is 0 Å². The van der Waals surface area contributed by atoms with E-state index in [1.54, 1.807) is 0 Å². The van der Waals surface area contributed by atoms with E-state index in [0.29, 0.717) is 0 Å². The molecule has 4 aromatic heterocycles. The van der Waals surface area contributed by atoms with Crippen molar-refractivity contribution in [3.05, 3.63) is 352 Å². The first kappa shape index (κ1) is 60.6. The van der Waals surface area contributed by atoms with Crippen LogP contribution in [0.15, 0.2) is 352 Å². The fourth-order valence-electron chi connectivity index (χ4n) is 18.7. The fraction of sp³-hybridized carbons (Fsp3) is 0. The van der Waals surface area contributed by atoms with E-state index in [2.05, 4.69) is 352 Å². The second kappa shape index (κ2) is 23.4. The van der Waals surface area contributed by atoms with Crippen molar-refractivity contribution in [1.82, 2.24) is 0 Å². The number of benzene rings is 20. The Morgan fingerprint density at radius 3 is 1.12 bits per heavy atom. The number of hydrogen-bond acceptors (Lipinski definition) is 4. The molecular formula is C104H58S4. The molecule has 4 heteroatoms. The Morgan fingerprint density at radius 2 is 0.509 bits per heavy atom. The molecule has 0 saturated heterocycles. The Labute approximate surface area is 636 Å². The standard InChI is InChI=1S/C104H58S4/c1-4-28-68-59(20-1)23-17-42-74(68)98-80-35-11-7-31-76(80)97(77-32-8-12-36-81(77)98)66-27-16-25-63(53-66)67-55-87(103-89(56-67)102-93(107-103)51-47-84-100-69-29-5-2-21-60(69)45-50-92(100)108-104(84)102)73-41-18-40-72-71(73)39-19-43-75(72)99-82-37-13-9-33-78(82)96(79-34-10-14-38-83(79)99)65-26-15-24-62(52-65)64-46-48-90-85(54-64)86-57-95-88(58-94(86)105-90)101-70-30-6-3-22-61(70)44-49-91(101)106-95/h1-58H. The summed E-state index contributed by atoms with van der Waals surface area (Å²) >= 11 is 7.70. The lowest BCUT2D eigenvalue weighted by Crippen LogP contribution is -1.93. The van der Waals surface area contributed by atoms with Gasteiger partial charge in [-0.15, -0.1) is 45.3 Å². The second-order valence-electron chi connectivity index (χ2n) is 29.1. The minimum absolute atomic E-state index is 1.18. The van der Waals surface area contributed by atoms with Crippen molar-refractivity contribution in [3.8, 4) is 77.9 Å². The Hall–Kier alpha value is -12.6. The van der Waals surface area contributed by atoms with Crippen molar-refractivity contribution < 1.29 is 0 Å². The van der Waals surface area contributed by atoms with Crippen LogP contribution in [-0.4, -0.2) is 0 Å². The molecule has 0 nitrogen and oxygen atoms in total. The van der Waals surface area contributed by atoms with Crippen LogP contribution in [0.2, 0.25) is 0 Å². The Kier molecular flexibility index (Phi) is 13.1. The molecule has 0 atom stereocenters. The molecule has 24 rings (SSSR count). The molecule has 20 aromatic carbocycles. The van der Waals surface area contributed by atoms with Gasteiger partial charge in [0.05, 0.1) is 0 Å². The third kappa shape index (κ3) is 8.95. The molecule has 0 amide bonds. The first-order valence-electron chi connectivity index (χ1n) is 37.1. The summed E-state index contributed by atoms with van der Waals surface area (Å²) in [7, 11) is 0. The molecule has 0 unspecified atom stereocenters. The van der Waals surface area contributed by atoms with Crippen LogP contribution in [0.4, 0.5) is 0 Å². The lowest BCUT2D eigenvalue weighted by Gasteiger charge is -2.20. The minimum Gasteiger partial charge on any atom is -0.135 e. The Bertz CT molecular complexity index is 7950. The molecule has 0 radical (unpaired) electrons. The van der Waals surface area contributed by atoms with E-state index in [0.717, 1.165) is 0 Å². The zero-order chi connectivity index (χ0) is 70.4. The van der Waals surface area contributed by atoms with Gasteiger partial charge in [-0.25, -0.2) is 0 Å². The summed E-state index contributed by atoms with van der Waals surface area (Å²) < 4.78 is 10.6. The SMILES string of the molecule is c1cc(-c2cc(-c3cccc4c(-c5c6ccccc6c(-c6cccc(-c7ccc8sc9cc%10c(cc9c8c7)sc7ccc8ccccc8c7%10)c6)c6ccccc56)cccc34)c3sc4ccc5c(sc6ccc7ccccc7c65)c4c3c2)cc(-c2c3ccccc3c(-c3cccc4ccccc34)c3ccccc23)c1. The number of hydrogen-bond donors (Lipinski definition) is 0. The summed E-state index contributed by atoms with van der Waals surface area (Å²) in [4.78, 5) is 0. The Morgan fingerprint density at radius 1 is 0.139 bits per heavy atom. The van der Waals surface area contributed by atoms with Gasteiger partial charge >= 0.3 is 0 Å². The average Bonchev–Trinajstić information content (AvgIpc) is 0.818. The molecule has 0 saturated carbocycles. The number of fused-ring (bicyclic) bond motifs is 23. The first-order chi connectivity index (χ1) is 53.5. The summed E-state index contributed by atoms with van der Waals surface area (Å²) in [6.07, 6.45) is 0. The summed E-state index contributed by atoms with van der Waals surface area (Å²) in [5, 5.41) is 30.7. The zero-order valence-corrected chi connectivity index (χ0v) is 61.4.